The van der Waals surface area contributed by atoms with Gasteiger partial charge in [0.25, 0.3) is 0 Å². The number of alkyl halides is 3. The van der Waals surface area contributed by atoms with Gasteiger partial charge in [-0.3, -0.25) is 9.48 Å². The zero-order chi connectivity index (χ0) is 20.6. The van der Waals surface area contributed by atoms with Crippen molar-refractivity contribution in [1.82, 2.24) is 14.7 Å². The molecule has 1 fully saturated rings. The summed E-state index contributed by atoms with van der Waals surface area (Å²) in [6, 6.07) is 7.52. The Morgan fingerprint density at radius 3 is 2.59 bits per heavy atom. The average Bonchev–Trinajstić information content (AvgIpc) is 3.33. The van der Waals surface area contributed by atoms with Crippen molar-refractivity contribution in [2.75, 3.05) is 13.7 Å². The second kappa shape index (κ2) is 7.72. The number of rotatable bonds is 4. The molecule has 4 rings (SSSR count). The lowest BCUT2D eigenvalue weighted by molar-refractivity contribution is -0.142. The lowest BCUT2D eigenvalue weighted by Crippen LogP contribution is -2.34. The summed E-state index contributed by atoms with van der Waals surface area (Å²) in [5, 5.41) is 3.82. The number of hydrogen-bond donors (Lipinski definition) is 0. The van der Waals surface area contributed by atoms with Crippen LogP contribution in [0.4, 0.5) is 13.2 Å². The van der Waals surface area contributed by atoms with E-state index in [9.17, 15) is 18.0 Å². The van der Waals surface area contributed by atoms with E-state index in [1.54, 1.807) is 12.0 Å². The van der Waals surface area contributed by atoms with Gasteiger partial charge in [0.2, 0.25) is 5.91 Å². The normalized spacial score (nSPS) is 19.3. The molecule has 2 aromatic rings. The summed E-state index contributed by atoms with van der Waals surface area (Å²) in [4.78, 5) is 14.8. The molecule has 5 nitrogen and oxygen atoms in total. The number of amides is 1. The van der Waals surface area contributed by atoms with E-state index < -0.39 is 11.9 Å². The molecule has 1 aliphatic carbocycles. The van der Waals surface area contributed by atoms with Gasteiger partial charge in [0.05, 0.1) is 13.2 Å². The molecule has 8 heteroatoms. The lowest BCUT2D eigenvalue weighted by Gasteiger charge is -2.26. The quantitative estimate of drug-likeness (QED) is 0.765. The minimum Gasteiger partial charge on any atom is -0.497 e. The van der Waals surface area contributed by atoms with E-state index in [0.29, 0.717) is 25.1 Å². The van der Waals surface area contributed by atoms with Crippen LogP contribution in [-0.2, 0) is 30.4 Å². The van der Waals surface area contributed by atoms with Crippen LogP contribution in [0.25, 0.3) is 0 Å². The first kappa shape index (κ1) is 19.8. The maximum atomic E-state index is 13.4. The Labute approximate surface area is 167 Å². The van der Waals surface area contributed by atoms with E-state index >= 15 is 0 Å². The molecule has 2 heterocycles. The Morgan fingerprint density at radius 2 is 1.90 bits per heavy atom. The number of methoxy groups -OCH3 is 1. The molecule has 1 amide bonds. The van der Waals surface area contributed by atoms with Crippen LogP contribution >= 0.6 is 0 Å². The third-order valence-corrected chi connectivity index (χ3v) is 5.88. The summed E-state index contributed by atoms with van der Waals surface area (Å²) < 4.78 is 46.7. The van der Waals surface area contributed by atoms with Crippen molar-refractivity contribution in [3.05, 3.63) is 46.8 Å². The van der Waals surface area contributed by atoms with Crippen LogP contribution < -0.4 is 4.74 Å². The van der Waals surface area contributed by atoms with Crippen LogP contribution in [0, 0.1) is 0 Å². The average molecular weight is 407 g/mol. The highest BCUT2D eigenvalue weighted by Gasteiger charge is 2.40. The number of nitrogens with zero attached hydrogens (tertiary/aromatic N) is 3. The van der Waals surface area contributed by atoms with E-state index in [0.717, 1.165) is 37.0 Å². The minimum absolute atomic E-state index is 0.0677. The van der Waals surface area contributed by atoms with E-state index in [1.165, 1.54) is 4.68 Å². The van der Waals surface area contributed by atoms with Crippen LogP contribution in [0.1, 0.15) is 54.2 Å². The number of carbonyl (C=O) groups excluding carboxylic acids is 1. The molecule has 0 unspecified atom stereocenters. The summed E-state index contributed by atoms with van der Waals surface area (Å²) >= 11 is 0. The standard InChI is InChI=1S/C21H24F3N3O2/c1-29-15-10-8-14(9-11-15)17-7-4-12-26(17)19(28)13-27-18-6-3-2-5-16(18)20(25-27)21(22,23)24/h8-11,17H,2-7,12-13H2,1H3/t17-/m1/s1. The maximum Gasteiger partial charge on any atom is 0.435 e. The van der Waals surface area contributed by atoms with Crippen LogP contribution in [0.15, 0.2) is 24.3 Å². The third kappa shape index (κ3) is 3.84. The highest BCUT2D eigenvalue weighted by Crippen LogP contribution is 2.37. The number of fused-ring (bicyclic) bond motifs is 1. The Bertz CT molecular complexity index is 890. The van der Waals surface area contributed by atoms with Crippen LogP contribution in [0.3, 0.4) is 0 Å². The van der Waals surface area contributed by atoms with Gasteiger partial charge in [-0.25, -0.2) is 0 Å². The Hall–Kier alpha value is -2.51. The van der Waals surface area contributed by atoms with Crippen molar-refractivity contribution in [2.24, 2.45) is 0 Å². The first-order valence-electron chi connectivity index (χ1n) is 9.97. The molecule has 0 N–H and O–H groups in total. The monoisotopic (exact) mass is 407 g/mol. The van der Waals surface area contributed by atoms with Gasteiger partial charge < -0.3 is 9.64 Å². The summed E-state index contributed by atoms with van der Waals surface area (Å²) in [5.74, 6) is 0.556. The predicted octanol–water partition coefficient (Wildman–Crippen LogP) is 4.15. The third-order valence-electron chi connectivity index (χ3n) is 5.88. The summed E-state index contributed by atoms with van der Waals surface area (Å²) in [6.07, 6.45) is -0.334. The molecule has 1 aromatic heterocycles. The molecule has 29 heavy (non-hydrogen) atoms. The van der Waals surface area contributed by atoms with Crippen molar-refractivity contribution in [1.29, 1.82) is 0 Å². The van der Waals surface area contributed by atoms with Crippen LogP contribution in [0.5, 0.6) is 5.75 Å². The molecule has 1 aromatic carbocycles. The second-order valence-corrected chi connectivity index (χ2v) is 7.65. The molecule has 156 valence electrons. The van der Waals surface area contributed by atoms with Gasteiger partial charge >= 0.3 is 6.18 Å². The summed E-state index contributed by atoms with van der Waals surface area (Å²) in [7, 11) is 1.60. The van der Waals surface area contributed by atoms with Crippen molar-refractivity contribution in [3.8, 4) is 5.75 Å². The molecule has 0 radical (unpaired) electrons. The van der Waals surface area contributed by atoms with Gasteiger partial charge in [0, 0.05) is 17.8 Å². The maximum absolute atomic E-state index is 13.4. The first-order chi connectivity index (χ1) is 13.9. The van der Waals surface area contributed by atoms with Gasteiger partial charge in [-0.2, -0.15) is 18.3 Å². The van der Waals surface area contributed by atoms with E-state index in [2.05, 4.69) is 5.10 Å². The predicted molar refractivity (Wildman–Crippen MR) is 101 cm³/mol. The zero-order valence-corrected chi connectivity index (χ0v) is 16.3. The van der Waals surface area contributed by atoms with Gasteiger partial charge in [0.15, 0.2) is 5.69 Å². The Balaban J connectivity index is 1.56. The van der Waals surface area contributed by atoms with Crippen molar-refractivity contribution in [2.45, 2.75) is 57.3 Å². The Kier molecular flexibility index (Phi) is 5.27. The topological polar surface area (TPSA) is 47.4 Å². The van der Waals surface area contributed by atoms with Crippen molar-refractivity contribution >= 4 is 5.91 Å². The molecule has 0 saturated carbocycles. The van der Waals surface area contributed by atoms with Crippen LogP contribution in [0.2, 0.25) is 0 Å². The van der Waals surface area contributed by atoms with Crippen molar-refractivity contribution < 1.29 is 22.7 Å². The van der Waals surface area contributed by atoms with Gasteiger partial charge in [0.1, 0.15) is 12.3 Å². The number of benzene rings is 1. The minimum atomic E-state index is -4.49. The molecule has 0 bridgehead atoms. The van der Waals surface area contributed by atoms with Crippen LogP contribution in [-0.4, -0.2) is 34.2 Å². The lowest BCUT2D eigenvalue weighted by atomic mass is 9.95. The number of hydrogen-bond acceptors (Lipinski definition) is 3. The number of aromatic nitrogens is 2. The molecule has 1 atom stereocenters. The highest BCUT2D eigenvalue weighted by molar-refractivity contribution is 5.77. The van der Waals surface area contributed by atoms with Gasteiger partial charge in [-0.05, 0) is 56.2 Å². The summed E-state index contributed by atoms with van der Waals surface area (Å²) in [6.45, 7) is 0.455. The fraction of sp³-hybridized carbons (Fsp3) is 0.524. The van der Waals surface area contributed by atoms with Crippen molar-refractivity contribution in [3.63, 3.8) is 0 Å². The molecular formula is C21H24F3N3O2. The first-order valence-corrected chi connectivity index (χ1v) is 9.97. The second-order valence-electron chi connectivity index (χ2n) is 7.65. The zero-order valence-electron chi connectivity index (χ0n) is 16.3. The fourth-order valence-corrected chi connectivity index (χ4v) is 4.49. The van der Waals surface area contributed by atoms with Gasteiger partial charge in [-0.1, -0.05) is 12.1 Å². The molecule has 1 saturated heterocycles. The number of halogens is 3. The van der Waals surface area contributed by atoms with E-state index in [1.807, 2.05) is 24.3 Å². The Morgan fingerprint density at radius 1 is 1.17 bits per heavy atom. The van der Waals surface area contributed by atoms with Gasteiger partial charge in [-0.15, -0.1) is 0 Å². The number of likely N-dealkylation sites (tertiary alicyclic amines) is 1. The smallest absolute Gasteiger partial charge is 0.435 e. The molecule has 2 aliphatic rings. The molecule has 0 spiro atoms. The van der Waals surface area contributed by atoms with E-state index in [4.69, 9.17) is 4.74 Å². The molecule has 1 aliphatic heterocycles. The number of carbonyl (C=O) groups is 1. The SMILES string of the molecule is COc1ccc([C@H]2CCCN2C(=O)Cn2nc(C(F)(F)F)c3c2CCCC3)cc1. The summed E-state index contributed by atoms with van der Waals surface area (Å²) in [5.41, 5.74) is 1.02. The highest BCUT2D eigenvalue weighted by atomic mass is 19.4. The largest absolute Gasteiger partial charge is 0.497 e. The number of ether oxygens (including phenoxy) is 1. The molecular weight excluding hydrogens is 383 g/mol. The van der Waals surface area contributed by atoms with E-state index in [-0.39, 0.29) is 24.1 Å². The fourth-order valence-electron chi connectivity index (χ4n) is 4.49.